The van der Waals surface area contributed by atoms with Crippen LogP contribution in [-0.2, 0) is 0 Å². The van der Waals surface area contributed by atoms with E-state index in [1.807, 2.05) is 42.5 Å². The number of hydrogen-bond donors (Lipinski definition) is 0. The molecule has 0 saturated heterocycles. The Kier molecular flexibility index (Phi) is 5.45. The van der Waals surface area contributed by atoms with E-state index in [1.165, 1.54) is 10.1 Å². The first-order chi connectivity index (χ1) is 14.2. The third kappa shape index (κ3) is 3.93. The first-order valence-corrected chi connectivity index (χ1v) is 10.0. The Labute approximate surface area is 173 Å². The van der Waals surface area contributed by atoms with Gasteiger partial charge in [0.1, 0.15) is 11.5 Å². The van der Waals surface area contributed by atoms with Gasteiger partial charge in [0, 0.05) is 32.3 Å². The molecule has 0 bridgehead atoms. The summed E-state index contributed by atoms with van der Waals surface area (Å²) in [4.78, 5) is 13.6. The van der Waals surface area contributed by atoms with E-state index in [1.54, 1.807) is 49.8 Å². The molecule has 4 heteroatoms. The van der Waals surface area contributed by atoms with E-state index in [4.69, 9.17) is 9.47 Å². The number of rotatable bonds is 6. The topological polar surface area (TPSA) is 35.5 Å². The minimum absolute atomic E-state index is 0.0492. The summed E-state index contributed by atoms with van der Waals surface area (Å²) in [5.74, 6) is 1.34. The van der Waals surface area contributed by atoms with Crippen LogP contribution in [0.2, 0.25) is 0 Å². The van der Waals surface area contributed by atoms with Crippen LogP contribution in [0.4, 0.5) is 0 Å². The highest BCUT2D eigenvalue weighted by molar-refractivity contribution is 7.22. The lowest BCUT2D eigenvalue weighted by Gasteiger charge is -2.12. The molecule has 4 aromatic rings. The lowest BCUT2D eigenvalue weighted by molar-refractivity contribution is 0.104. The number of carbonyl (C=O) groups is 1. The van der Waals surface area contributed by atoms with E-state index < -0.39 is 0 Å². The van der Waals surface area contributed by atoms with Crippen molar-refractivity contribution in [1.29, 1.82) is 0 Å². The average molecular weight is 400 g/mol. The Morgan fingerprint density at radius 1 is 0.862 bits per heavy atom. The van der Waals surface area contributed by atoms with Crippen LogP contribution in [0.25, 0.3) is 26.6 Å². The highest BCUT2D eigenvalue weighted by Crippen LogP contribution is 2.41. The molecule has 0 aliphatic carbocycles. The van der Waals surface area contributed by atoms with E-state index in [9.17, 15) is 4.79 Å². The van der Waals surface area contributed by atoms with Gasteiger partial charge in [-0.1, -0.05) is 48.5 Å². The largest absolute Gasteiger partial charge is 0.496 e. The van der Waals surface area contributed by atoms with Crippen LogP contribution in [0.3, 0.4) is 0 Å². The number of hydrogen-bond acceptors (Lipinski definition) is 4. The Balaban J connectivity index is 1.76. The third-order valence-corrected chi connectivity index (χ3v) is 5.86. The predicted molar refractivity (Wildman–Crippen MR) is 120 cm³/mol. The summed E-state index contributed by atoms with van der Waals surface area (Å²) in [6.45, 7) is 0. The zero-order valence-corrected chi connectivity index (χ0v) is 17.0. The SMILES string of the molecule is COc1cc(OC)c(-c2cc3ccccc3s2)cc1C=CC(=O)c1ccccc1. The average Bonchev–Trinajstić information content (AvgIpc) is 3.21. The maximum absolute atomic E-state index is 12.5. The summed E-state index contributed by atoms with van der Waals surface area (Å²) < 4.78 is 12.4. The molecule has 144 valence electrons. The van der Waals surface area contributed by atoms with Crippen molar-refractivity contribution in [3.8, 4) is 21.9 Å². The molecule has 0 radical (unpaired) electrons. The van der Waals surface area contributed by atoms with Gasteiger partial charge in [0.15, 0.2) is 5.78 Å². The minimum atomic E-state index is -0.0492. The number of ketones is 1. The number of fused-ring (bicyclic) bond motifs is 1. The number of ether oxygens (including phenoxy) is 2. The molecule has 4 rings (SSSR count). The standard InChI is InChI=1S/C25H20O3S/c1-27-22-16-23(28-2)20(25-15-19-10-6-7-11-24(19)29-25)14-18(22)12-13-21(26)17-8-4-3-5-9-17/h3-16H,1-2H3. The van der Waals surface area contributed by atoms with Crippen molar-refractivity contribution < 1.29 is 14.3 Å². The van der Waals surface area contributed by atoms with Gasteiger partial charge >= 0.3 is 0 Å². The van der Waals surface area contributed by atoms with Crippen LogP contribution >= 0.6 is 11.3 Å². The Morgan fingerprint density at radius 3 is 2.31 bits per heavy atom. The number of methoxy groups -OCH3 is 2. The summed E-state index contributed by atoms with van der Waals surface area (Å²) in [6.07, 6.45) is 3.37. The van der Waals surface area contributed by atoms with Gasteiger partial charge in [0.2, 0.25) is 0 Å². The van der Waals surface area contributed by atoms with Crippen LogP contribution in [0, 0.1) is 0 Å². The monoisotopic (exact) mass is 400 g/mol. The molecule has 0 aliphatic rings. The van der Waals surface area contributed by atoms with Crippen LogP contribution < -0.4 is 9.47 Å². The molecule has 29 heavy (non-hydrogen) atoms. The highest BCUT2D eigenvalue weighted by atomic mass is 32.1. The van der Waals surface area contributed by atoms with Crippen molar-refractivity contribution in [2.24, 2.45) is 0 Å². The second-order valence-corrected chi connectivity index (χ2v) is 7.59. The fourth-order valence-electron chi connectivity index (χ4n) is 3.23. The van der Waals surface area contributed by atoms with Gasteiger partial charge < -0.3 is 9.47 Å². The maximum atomic E-state index is 12.5. The molecule has 0 saturated carbocycles. The van der Waals surface area contributed by atoms with Crippen LogP contribution in [0.15, 0.2) is 78.9 Å². The fraction of sp³-hybridized carbons (Fsp3) is 0.0800. The van der Waals surface area contributed by atoms with E-state index in [-0.39, 0.29) is 5.78 Å². The van der Waals surface area contributed by atoms with Crippen LogP contribution in [-0.4, -0.2) is 20.0 Å². The first-order valence-electron chi connectivity index (χ1n) is 9.22. The molecule has 3 aromatic carbocycles. The summed E-state index contributed by atoms with van der Waals surface area (Å²) >= 11 is 1.71. The second kappa shape index (κ2) is 8.33. The van der Waals surface area contributed by atoms with E-state index in [0.29, 0.717) is 11.3 Å². The zero-order valence-electron chi connectivity index (χ0n) is 16.2. The molecule has 0 N–H and O–H groups in total. The molecule has 0 aliphatic heterocycles. The number of thiophene rings is 1. The van der Waals surface area contributed by atoms with Crippen molar-refractivity contribution in [3.05, 3.63) is 90.0 Å². The predicted octanol–water partition coefficient (Wildman–Crippen LogP) is 6.48. The molecule has 1 aromatic heterocycles. The lowest BCUT2D eigenvalue weighted by atomic mass is 10.0. The molecule has 1 heterocycles. The lowest BCUT2D eigenvalue weighted by Crippen LogP contribution is -1.95. The van der Waals surface area contributed by atoms with Gasteiger partial charge in [-0.3, -0.25) is 4.79 Å². The molecule has 0 spiro atoms. The van der Waals surface area contributed by atoms with Crippen LogP contribution in [0.1, 0.15) is 15.9 Å². The number of benzene rings is 3. The second-order valence-electron chi connectivity index (χ2n) is 6.51. The van der Waals surface area contributed by atoms with E-state index in [2.05, 4.69) is 18.2 Å². The molecule has 3 nitrogen and oxygen atoms in total. The number of carbonyl (C=O) groups excluding carboxylic acids is 1. The Bertz CT molecular complexity index is 1160. The van der Waals surface area contributed by atoms with Gasteiger partial charge in [-0.05, 0) is 35.7 Å². The first kappa shape index (κ1) is 19.0. The van der Waals surface area contributed by atoms with Gasteiger partial charge in [-0.15, -0.1) is 11.3 Å². The van der Waals surface area contributed by atoms with E-state index in [0.717, 1.165) is 21.8 Å². The van der Waals surface area contributed by atoms with E-state index >= 15 is 0 Å². The van der Waals surface area contributed by atoms with Crippen molar-refractivity contribution >= 4 is 33.3 Å². The maximum Gasteiger partial charge on any atom is 0.185 e. The molecule has 0 amide bonds. The smallest absolute Gasteiger partial charge is 0.185 e. The molecule has 0 unspecified atom stereocenters. The summed E-state index contributed by atoms with van der Waals surface area (Å²) in [5.41, 5.74) is 2.45. The van der Waals surface area contributed by atoms with Crippen molar-refractivity contribution in [1.82, 2.24) is 0 Å². The molecular formula is C25H20O3S. The highest BCUT2D eigenvalue weighted by Gasteiger charge is 2.14. The van der Waals surface area contributed by atoms with Gasteiger partial charge in [0.05, 0.1) is 14.2 Å². The van der Waals surface area contributed by atoms with Gasteiger partial charge in [-0.25, -0.2) is 0 Å². The fourth-order valence-corrected chi connectivity index (χ4v) is 4.31. The zero-order chi connectivity index (χ0) is 20.2. The molecular weight excluding hydrogens is 380 g/mol. The molecule has 0 fully saturated rings. The summed E-state index contributed by atoms with van der Waals surface area (Å²) in [6, 6.07) is 23.5. The normalized spacial score (nSPS) is 11.1. The quantitative estimate of drug-likeness (QED) is 0.274. The van der Waals surface area contributed by atoms with Crippen molar-refractivity contribution in [2.75, 3.05) is 14.2 Å². The summed E-state index contributed by atoms with van der Waals surface area (Å²) in [5, 5.41) is 1.20. The minimum Gasteiger partial charge on any atom is -0.496 e. The van der Waals surface area contributed by atoms with Gasteiger partial charge in [-0.2, -0.15) is 0 Å². The van der Waals surface area contributed by atoms with Crippen molar-refractivity contribution in [2.45, 2.75) is 0 Å². The summed E-state index contributed by atoms with van der Waals surface area (Å²) in [7, 11) is 3.27. The Hall–Kier alpha value is -3.37. The van der Waals surface area contributed by atoms with Crippen LogP contribution in [0.5, 0.6) is 11.5 Å². The number of allylic oxidation sites excluding steroid dienone is 1. The Morgan fingerprint density at radius 2 is 1.59 bits per heavy atom. The third-order valence-electron chi connectivity index (χ3n) is 4.72. The van der Waals surface area contributed by atoms with Gasteiger partial charge in [0.25, 0.3) is 0 Å². The molecule has 0 atom stereocenters. The van der Waals surface area contributed by atoms with Crippen molar-refractivity contribution in [3.63, 3.8) is 0 Å².